The van der Waals surface area contributed by atoms with Crippen molar-refractivity contribution < 1.29 is 18.5 Å². The Labute approximate surface area is 93.6 Å². The predicted octanol–water partition coefficient (Wildman–Crippen LogP) is -0.436. The fourth-order valence-electron chi connectivity index (χ4n) is 1.21. The molecule has 0 aromatic heterocycles. The van der Waals surface area contributed by atoms with E-state index in [9.17, 15) is 8.42 Å². The van der Waals surface area contributed by atoms with Crippen molar-refractivity contribution in [3.05, 3.63) is 28.8 Å². The lowest BCUT2D eigenvalue weighted by atomic mass is 9.80. The Balaban J connectivity index is 3.10. The van der Waals surface area contributed by atoms with Gasteiger partial charge in [-0.2, -0.15) is 0 Å². The normalized spacial score (nSPS) is 11.5. The minimum Gasteiger partial charge on any atom is -0.423 e. The summed E-state index contributed by atoms with van der Waals surface area (Å²) >= 11 is 5.71. The molecule has 2 N–H and O–H groups in total. The SMILES string of the molecule is CS(=O)(=O)Cc1cc(Cl)cc(B(O)O)c1. The van der Waals surface area contributed by atoms with E-state index in [2.05, 4.69) is 0 Å². The van der Waals surface area contributed by atoms with E-state index in [1.807, 2.05) is 0 Å². The molecule has 0 unspecified atom stereocenters. The third-order valence-electron chi connectivity index (χ3n) is 1.71. The molecule has 1 aromatic carbocycles. The van der Waals surface area contributed by atoms with Crippen molar-refractivity contribution in [2.24, 2.45) is 0 Å². The van der Waals surface area contributed by atoms with Gasteiger partial charge in [0.2, 0.25) is 0 Å². The van der Waals surface area contributed by atoms with Gasteiger partial charge >= 0.3 is 7.12 Å². The van der Waals surface area contributed by atoms with Gasteiger partial charge in [0, 0.05) is 11.3 Å². The number of sulfone groups is 1. The Morgan fingerprint density at radius 1 is 1.33 bits per heavy atom. The Morgan fingerprint density at radius 3 is 2.40 bits per heavy atom. The molecule has 82 valence electrons. The van der Waals surface area contributed by atoms with Crippen molar-refractivity contribution in [1.29, 1.82) is 0 Å². The first-order chi connectivity index (χ1) is 6.78. The van der Waals surface area contributed by atoms with Gasteiger partial charge in [-0.15, -0.1) is 0 Å². The van der Waals surface area contributed by atoms with Crippen molar-refractivity contribution in [1.82, 2.24) is 0 Å². The maximum absolute atomic E-state index is 11.0. The fraction of sp³-hybridized carbons (Fsp3) is 0.250. The molecule has 0 saturated heterocycles. The lowest BCUT2D eigenvalue weighted by Gasteiger charge is -2.05. The second-order valence-electron chi connectivity index (χ2n) is 3.34. The Morgan fingerprint density at radius 2 is 1.93 bits per heavy atom. The highest BCUT2D eigenvalue weighted by atomic mass is 35.5. The van der Waals surface area contributed by atoms with E-state index >= 15 is 0 Å². The third kappa shape index (κ3) is 4.21. The summed E-state index contributed by atoms with van der Waals surface area (Å²) in [6, 6.07) is 4.25. The van der Waals surface area contributed by atoms with Crippen LogP contribution in [0.2, 0.25) is 5.02 Å². The van der Waals surface area contributed by atoms with Crippen LogP contribution in [-0.2, 0) is 15.6 Å². The maximum Gasteiger partial charge on any atom is 0.488 e. The van der Waals surface area contributed by atoms with E-state index in [4.69, 9.17) is 21.6 Å². The summed E-state index contributed by atoms with van der Waals surface area (Å²) in [6.07, 6.45) is 1.10. The first kappa shape index (κ1) is 12.5. The molecule has 0 heterocycles. The van der Waals surface area contributed by atoms with Gasteiger partial charge in [0.15, 0.2) is 9.84 Å². The molecule has 7 heteroatoms. The molecule has 0 aliphatic rings. The molecule has 0 saturated carbocycles. The van der Waals surface area contributed by atoms with Crippen LogP contribution in [0.3, 0.4) is 0 Å². The molecule has 1 aromatic rings. The minimum absolute atomic E-state index is 0.173. The van der Waals surface area contributed by atoms with Crippen LogP contribution in [0.4, 0.5) is 0 Å². The lowest BCUT2D eigenvalue weighted by molar-refractivity contribution is 0.425. The van der Waals surface area contributed by atoms with Crippen molar-refractivity contribution >= 4 is 34.0 Å². The van der Waals surface area contributed by atoms with Crippen LogP contribution >= 0.6 is 11.6 Å². The average molecular weight is 248 g/mol. The Kier molecular flexibility index (Phi) is 3.78. The summed E-state index contributed by atoms with van der Waals surface area (Å²) in [5, 5.41) is 18.1. The molecule has 0 radical (unpaired) electrons. The Hall–Kier alpha value is -0.555. The minimum atomic E-state index is -3.16. The number of hydrogen-bond acceptors (Lipinski definition) is 4. The molecule has 0 aliphatic carbocycles. The molecule has 15 heavy (non-hydrogen) atoms. The van der Waals surface area contributed by atoms with Crippen LogP contribution in [0.5, 0.6) is 0 Å². The molecule has 0 spiro atoms. The highest BCUT2D eigenvalue weighted by molar-refractivity contribution is 7.89. The van der Waals surface area contributed by atoms with Crippen molar-refractivity contribution in [3.8, 4) is 0 Å². The standard InChI is InChI=1S/C8H10BClO4S/c1-15(13,14)5-6-2-7(9(11)12)4-8(10)3-6/h2-4,11-12H,5H2,1H3. The molecular formula is C8H10BClO4S. The number of halogens is 1. The number of rotatable bonds is 3. The van der Waals surface area contributed by atoms with Gasteiger partial charge in [0.05, 0.1) is 5.75 Å². The second-order valence-corrected chi connectivity index (χ2v) is 5.91. The van der Waals surface area contributed by atoms with E-state index in [1.54, 1.807) is 0 Å². The summed E-state index contributed by atoms with van der Waals surface area (Å²) < 4.78 is 22.1. The van der Waals surface area contributed by atoms with Crippen molar-refractivity contribution in [2.75, 3.05) is 6.26 Å². The van der Waals surface area contributed by atoms with E-state index in [0.29, 0.717) is 5.56 Å². The molecule has 0 amide bonds. The van der Waals surface area contributed by atoms with Crippen LogP contribution < -0.4 is 5.46 Å². The Bertz CT molecular complexity index is 458. The van der Waals surface area contributed by atoms with Gasteiger partial charge in [0.25, 0.3) is 0 Å². The number of hydrogen-bond donors (Lipinski definition) is 2. The van der Waals surface area contributed by atoms with Gasteiger partial charge < -0.3 is 10.0 Å². The number of benzene rings is 1. The summed E-state index contributed by atoms with van der Waals surface area (Å²) in [5.74, 6) is -0.173. The molecule has 0 atom stereocenters. The second kappa shape index (κ2) is 4.53. The van der Waals surface area contributed by atoms with Gasteiger partial charge in [-0.05, 0) is 23.2 Å². The van der Waals surface area contributed by atoms with Crippen molar-refractivity contribution in [2.45, 2.75) is 5.75 Å². The van der Waals surface area contributed by atoms with Crippen LogP contribution in [-0.4, -0.2) is 31.8 Å². The van der Waals surface area contributed by atoms with Crippen LogP contribution in [0.15, 0.2) is 18.2 Å². The topological polar surface area (TPSA) is 74.6 Å². The molecule has 4 nitrogen and oxygen atoms in total. The smallest absolute Gasteiger partial charge is 0.423 e. The fourth-order valence-corrected chi connectivity index (χ4v) is 2.25. The molecule has 0 aliphatic heterocycles. The quantitative estimate of drug-likeness (QED) is 0.712. The largest absolute Gasteiger partial charge is 0.488 e. The zero-order valence-corrected chi connectivity index (χ0v) is 9.59. The average Bonchev–Trinajstić information content (AvgIpc) is 1.99. The van der Waals surface area contributed by atoms with E-state index in [-0.39, 0.29) is 16.2 Å². The highest BCUT2D eigenvalue weighted by Crippen LogP contribution is 2.12. The van der Waals surface area contributed by atoms with Crippen LogP contribution in [0, 0.1) is 0 Å². The van der Waals surface area contributed by atoms with Crippen molar-refractivity contribution in [3.63, 3.8) is 0 Å². The molecule has 0 bridgehead atoms. The van der Waals surface area contributed by atoms with E-state index in [1.165, 1.54) is 18.2 Å². The monoisotopic (exact) mass is 248 g/mol. The van der Waals surface area contributed by atoms with Gasteiger partial charge in [-0.1, -0.05) is 17.7 Å². The highest BCUT2D eigenvalue weighted by Gasteiger charge is 2.14. The lowest BCUT2D eigenvalue weighted by Crippen LogP contribution is -2.30. The summed E-state index contributed by atoms with van der Waals surface area (Å²) in [5.41, 5.74) is 0.620. The first-order valence-corrected chi connectivity index (χ1v) is 6.55. The van der Waals surface area contributed by atoms with E-state index < -0.39 is 17.0 Å². The predicted molar refractivity (Wildman–Crippen MR) is 59.8 cm³/mol. The molecular weight excluding hydrogens is 238 g/mol. The zero-order valence-electron chi connectivity index (χ0n) is 8.01. The van der Waals surface area contributed by atoms with Crippen LogP contribution in [0.25, 0.3) is 0 Å². The van der Waals surface area contributed by atoms with Gasteiger partial charge in [0.1, 0.15) is 0 Å². The first-order valence-electron chi connectivity index (χ1n) is 4.11. The molecule has 0 fully saturated rings. The summed E-state index contributed by atoms with van der Waals surface area (Å²) in [6.45, 7) is 0. The maximum atomic E-state index is 11.0. The summed E-state index contributed by atoms with van der Waals surface area (Å²) in [4.78, 5) is 0. The zero-order chi connectivity index (χ0) is 11.6. The van der Waals surface area contributed by atoms with Crippen LogP contribution in [0.1, 0.15) is 5.56 Å². The van der Waals surface area contributed by atoms with Gasteiger partial charge in [-0.3, -0.25) is 0 Å². The molecule has 1 rings (SSSR count). The van der Waals surface area contributed by atoms with Gasteiger partial charge in [-0.25, -0.2) is 8.42 Å². The van der Waals surface area contributed by atoms with E-state index in [0.717, 1.165) is 6.26 Å². The summed E-state index contributed by atoms with van der Waals surface area (Å²) in [7, 11) is -4.81. The third-order valence-corrected chi connectivity index (χ3v) is 2.78.